The summed E-state index contributed by atoms with van der Waals surface area (Å²) in [7, 11) is 1.53. The molecule has 0 aliphatic heterocycles. The molecule has 148 valence electrons. The Bertz CT molecular complexity index is 986. The number of hydrazine groups is 1. The van der Waals surface area contributed by atoms with Crippen LogP contribution in [0.15, 0.2) is 72.8 Å². The van der Waals surface area contributed by atoms with Gasteiger partial charge in [0.25, 0.3) is 11.8 Å². The highest BCUT2D eigenvalue weighted by Crippen LogP contribution is 2.27. The third-order valence-corrected chi connectivity index (χ3v) is 4.25. The van der Waals surface area contributed by atoms with Gasteiger partial charge in [-0.05, 0) is 47.9 Å². The van der Waals surface area contributed by atoms with Crippen LogP contribution in [0.2, 0.25) is 0 Å². The number of hydrogen-bond acceptors (Lipinski definition) is 4. The van der Waals surface area contributed by atoms with E-state index in [2.05, 4.69) is 10.9 Å². The lowest BCUT2D eigenvalue weighted by molar-refractivity contribution is -0.123. The van der Waals surface area contributed by atoms with Crippen molar-refractivity contribution in [1.82, 2.24) is 10.9 Å². The van der Waals surface area contributed by atoms with E-state index < -0.39 is 11.8 Å². The van der Waals surface area contributed by atoms with Gasteiger partial charge in [0.15, 0.2) is 18.1 Å². The minimum atomic E-state index is -0.484. The Kier molecular flexibility index (Phi) is 6.47. The van der Waals surface area contributed by atoms with E-state index in [-0.39, 0.29) is 6.61 Å². The molecule has 0 heterocycles. The molecule has 0 saturated carbocycles. The van der Waals surface area contributed by atoms with Gasteiger partial charge in [0.05, 0.1) is 7.11 Å². The molecule has 29 heavy (non-hydrogen) atoms. The fourth-order valence-electron chi connectivity index (χ4n) is 2.72. The molecule has 6 heteroatoms. The molecule has 3 rings (SSSR count). The first kappa shape index (κ1) is 19.9. The van der Waals surface area contributed by atoms with Crippen molar-refractivity contribution in [2.75, 3.05) is 13.7 Å². The Morgan fingerprint density at radius 1 is 0.828 bits per heavy atom. The van der Waals surface area contributed by atoms with Crippen LogP contribution in [-0.2, 0) is 4.79 Å². The van der Waals surface area contributed by atoms with Crippen molar-refractivity contribution in [2.45, 2.75) is 6.92 Å². The van der Waals surface area contributed by atoms with Crippen molar-refractivity contribution in [3.05, 3.63) is 83.9 Å². The van der Waals surface area contributed by atoms with Gasteiger partial charge >= 0.3 is 0 Å². The fraction of sp³-hybridized carbons (Fsp3) is 0.130. The van der Waals surface area contributed by atoms with E-state index in [0.29, 0.717) is 17.1 Å². The van der Waals surface area contributed by atoms with Gasteiger partial charge in [-0.3, -0.25) is 20.4 Å². The maximum Gasteiger partial charge on any atom is 0.276 e. The highest BCUT2D eigenvalue weighted by molar-refractivity contribution is 5.95. The van der Waals surface area contributed by atoms with Crippen molar-refractivity contribution >= 4 is 11.8 Å². The molecule has 3 aromatic rings. The second-order valence-corrected chi connectivity index (χ2v) is 6.39. The Morgan fingerprint density at radius 2 is 1.52 bits per heavy atom. The average Bonchev–Trinajstić information content (AvgIpc) is 2.77. The van der Waals surface area contributed by atoms with E-state index in [1.54, 1.807) is 18.2 Å². The standard InChI is InChI=1S/C23H22N2O4/c1-16-8-13-20(21(14-16)28-2)29-15-22(26)24-25-23(27)19-11-9-18(10-12-19)17-6-4-3-5-7-17/h3-14H,15H2,1-2H3,(H,24,26)(H,25,27). The zero-order chi connectivity index (χ0) is 20.6. The van der Waals surface area contributed by atoms with Gasteiger partial charge in [-0.15, -0.1) is 0 Å². The number of ether oxygens (including phenoxy) is 2. The largest absolute Gasteiger partial charge is 0.493 e. The summed E-state index contributed by atoms with van der Waals surface area (Å²) >= 11 is 0. The summed E-state index contributed by atoms with van der Waals surface area (Å²) in [6, 6.07) is 22.4. The zero-order valence-electron chi connectivity index (χ0n) is 16.3. The van der Waals surface area contributed by atoms with Crippen molar-refractivity contribution in [3.63, 3.8) is 0 Å². The fourth-order valence-corrected chi connectivity index (χ4v) is 2.72. The monoisotopic (exact) mass is 390 g/mol. The summed E-state index contributed by atoms with van der Waals surface area (Å²) in [6.45, 7) is 1.67. The lowest BCUT2D eigenvalue weighted by atomic mass is 10.0. The number of aryl methyl sites for hydroxylation is 1. The molecule has 0 aliphatic carbocycles. The Morgan fingerprint density at radius 3 is 2.21 bits per heavy atom. The summed E-state index contributed by atoms with van der Waals surface area (Å²) in [5, 5.41) is 0. The van der Waals surface area contributed by atoms with Crippen molar-refractivity contribution in [1.29, 1.82) is 0 Å². The third kappa shape index (κ3) is 5.35. The van der Waals surface area contributed by atoms with Crippen LogP contribution in [0.1, 0.15) is 15.9 Å². The van der Waals surface area contributed by atoms with Gasteiger partial charge in [0.1, 0.15) is 0 Å². The van der Waals surface area contributed by atoms with E-state index in [1.165, 1.54) is 7.11 Å². The van der Waals surface area contributed by atoms with E-state index in [1.807, 2.05) is 61.5 Å². The molecule has 0 bridgehead atoms. The van der Waals surface area contributed by atoms with E-state index >= 15 is 0 Å². The maximum atomic E-state index is 12.2. The summed E-state index contributed by atoms with van der Waals surface area (Å²) in [6.07, 6.45) is 0. The summed E-state index contributed by atoms with van der Waals surface area (Å²) in [4.78, 5) is 24.2. The number of benzene rings is 3. The van der Waals surface area contributed by atoms with Gasteiger partial charge in [-0.1, -0.05) is 48.5 Å². The van der Waals surface area contributed by atoms with Gasteiger partial charge in [0.2, 0.25) is 0 Å². The average molecular weight is 390 g/mol. The predicted molar refractivity (Wildman–Crippen MR) is 111 cm³/mol. The SMILES string of the molecule is COc1cc(C)ccc1OCC(=O)NNC(=O)c1ccc(-c2ccccc2)cc1. The molecular weight excluding hydrogens is 368 g/mol. The second kappa shape index (κ2) is 9.41. The minimum absolute atomic E-state index is 0.257. The Hall–Kier alpha value is -3.80. The lowest BCUT2D eigenvalue weighted by Crippen LogP contribution is -2.43. The highest BCUT2D eigenvalue weighted by Gasteiger charge is 2.10. The molecule has 2 N–H and O–H groups in total. The first-order valence-electron chi connectivity index (χ1n) is 9.09. The molecule has 0 atom stereocenters. The van der Waals surface area contributed by atoms with Crippen LogP contribution in [0.25, 0.3) is 11.1 Å². The normalized spacial score (nSPS) is 10.1. The number of rotatable bonds is 6. The molecule has 0 unspecified atom stereocenters. The van der Waals surface area contributed by atoms with Crippen molar-refractivity contribution in [2.24, 2.45) is 0 Å². The lowest BCUT2D eigenvalue weighted by Gasteiger charge is -2.12. The van der Waals surface area contributed by atoms with Crippen molar-refractivity contribution < 1.29 is 19.1 Å². The smallest absolute Gasteiger partial charge is 0.276 e. The van der Waals surface area contributed by atoms with Gasteiger partial charge in [-0.25, -0.2) is 0 Å². The summed E-state index contributed by atoms with van der Waals surface area (Å²) in [5.74, 6) is 0.101. The number of methoxy groups -OCH3 is 1. The third-order valence-electron chi connectivity index (χ3n) is 4.25. The Balaban J connectivity index is 1.50. The van der Waals surface area contributed by atoms with Gasteiger partial charge < -0.3 is 9.47 Å². The molecule has 0 radical (unpaired) electrons. The molecule has 0 aliphatic rings. The molecule has 0 fully saturated rings. The highest BCUT2D eigenvalue weighted by atomic mass is 16.5. The first-order valence-corrected chi connectivity index (χ1v) is 9.09. The number of hydrogen-bond donors (Lipinski definition) is 2. The van der Waals surface area contributed by atoms with E-state index in [0.717, 1.165) is 16.7 Å². The van der Waals surface area contributed by atoms with Gasteiger partial charge in [-0.2, -0.15) is 0 Å². The number of amides is 2. The molecule has 6 nitrogen and oxygen atoms in total. The number of nitrogens with one attached hydrogen (secondary N) is 2. The minimum Gasteiger partial charge on any atom is -0.493 e. The number of carbonyl (C=O) groups excluding carboxylic acids is 2. The Labute approximate surface area is 169 Å². The van der Waals surface area contributed by atoms with Crippen LogP contribution in [0.5, 0.6) is 11.5 Å². The number of carbonyl (C=O) groups is 2. The van der Waals surface area contributed by atoms with Crippen LogP contribution >= 0.6 is 0 Å². The topological polar surface area (TPSA) is 76.7 Å². The molecule has 0 aromatic heterocycles. The van der Waals surface area contributed by atoms with Crippen LogP contribution < -0.4 is 20.3 Å². The van der Waals surface area contributed by atoms with Crippen LogP contribution in [0, 0.1) is 6.92 Å². The van der Waals surface area contributed by atoms with Gasteiger partial charge in [0, 0.05) is 5.56 Å². The quantitative estimate of drug-likeness (QED) is 0.632. The summed E-state index contributed by atoms with van der Waals surface area (Å²) in [5.41, 5.74) is 8.25. The van der Waals surface area contributed by atoms with Crippen LogP contribution in [-0.4, -0.2) is 25.5 Å². The van der Waals surface area contributed by atoms with Crippen LogP contribution in [0.4, 0.5) is 0 Å². The molecule has 0 spiro atoms. The molecule has 3 aromatic carbocycles. The zero-order valence-corrected chi connectivity index (χ0v) is 16.3. The predicted octanol–water partition coefficient (Wildman–Crippen LogP) is 3.51. The van der Waals surface area contributed by atoms with Crippen molar-refractivity contribution in [3.8, 4) is 22.6 Å². The molecular formula is C23H22N2O4. The van der Waals surface area contributed by atoms with Crippen LogP contribution in [0.3, 0.4) is 0 Å². The molecule has 0 saturated heterocycles. The second-order valence-electron chi connectivity index (χ2n) is 6.39. The van der Waals surface area contributed by atoms with E-state index in [4.69, 9.17) is 9.47 Å². The van der Waals surface area contributed by atoms with E-state index in [9.17, 15) is 9.59 Å². The summed E-state index contributed by atoms with van der Waals surface area (Å²) < 4.78 is 10.7. The first-order chi connectivity index (χ1) is 14.1. The molecule has 2 amide bonds. The maximum absolute atomic E-state index is 12.2.